The van der Waals surface area contributed by atoms with Gasteiger partial charge in [-0.3, -0.25) is 5.41 Å². The second-order valence-corrected chi connectivity index (χ2v) is 4.02. The van der Waals surface area contributed by atoms with Gasteiger partial charge in [0.1, 0.15) is 5.82 Å². The predicted molar refractivity (Wildman–Crippen MR) is 66.8 cm³/mol. The van der Waals surface area contributed by atoms with E-state index in [0.717, 1.165) is 36.3 Å². The van der Waals surface area contributed by atoms with Crippen LogP contribution in [0, 0.1) is 11.2 Å². The van der Waals surface area contributed by atoms with Gasteiger partial charge >= 0.3 is 0 Å². The molecule has 0 fully saturated rings. The fourth-order valence-electron chi connectivity index (χ4n) is 1.99. The van der Waals surface area contributed by atoms with Gasteiger partial charge in [0.2, 0.25) is 0 Å². The summed E-state index contributed by atoms with van der Waals surface area (Å²) in [7, 11) is 1.86. The van der Waals surface area contributed by atoms with E-state index in [1.54, 1.807) is 12.1 Å². The first-order chi connectivity index (χ1) is 8.22. The number of hydrogen-bond acceptors (Lipinski definition) is 3. The van der Waals surface area contributed by atoms with Crippen molar-refractivity contribution in [3.05, 3.63) is 46.9 Å². The van der Waals surface area contributed by atoms with Gasteiger partial charge in [-0.05, 0) is 48.4 Å². The van der Waals surface area contributed by atoms with E-state index in [1.165, 1.54) is 12.1 Å². The van der Waals surface area contributed by atoms with Crippen LogP contribution in [0.2, 0.25) is 0 Å². The number of halogens is 1. The summed E-state index contributed by atoms with van der Waals surface area (Å²) < 4.78 is 12.8. The molecule has 3 N–H and O–H groups in total. The highest BCUT2D eigenvalue weighted by molar-refractivity contribution is 6.11. The standard InChI is InChI=1S/C13H16FN3/c1-16-12-8-17-7-6-11(12)13(15)9-2-4-10(14)5-3-9/h2-5,15-17H,6-8H2,1H3. The summed E-state index contributed by atoms with van der Waals surface area (Å²) in [5.41, 5.74) is 3.30. The smallest absolute Gasteiger partial charge is 0.123 e. The molecule has 0 unspecified atom stereocenters. The third kappa shape index (κ3) is 2.53. The molecular formula is C13H16FN3. The van der Waals surface area contributed by atoms with Crippen LogP contribution in [-0.2, 0) is 0 Å². The summed E-state index contributed by atoms with van der Waals surface area (Å²) in [5, 5.41) is 14.6. The van der Waals surface area contributed by atoms with E-state index in [0.29, 0.717) is 5.71 Å². The van der Waals surface area contributed by atoms with Crippen molar-refractivity contribution in [3.8, 4) is 0 Å². The van der Waals surface area contributed by atoms with Crippen molar-refractivity contribution in [1.82, 2.24) is 10.6 Å². The van der Waals surface area contributed by atoms with Gasteiger partial charge in [0.05, 0.1) is 5.71 Å². The number of likely N-dealkylation sites (N-methyl/N-ethyl adjacent to an activating group) is 1. The summed E-state index contributed by atoms with van der Waals surface area (Å²) in [6.45, 7) is 1.64. The average Bonchev–Trinajstić information content (AvgIpc) is 2.39. The minimum atomic E-state index is -0.269. The lowest BCUT2D eigenvalue weighted by molar-refractivity contribution is 0.627. The van der Waals surface area contributed by atoms with Crippen LogP contribution in [0.3, 0.4) is 0 Å². The molecule has 0 aliphatic carbocycles. The second-order valence-electron chi connectivity index (χ2n) is 4.02. The highest BCUT2D eigenvalue weighted by atomic mass is 19.1. The fourth-order valence-corrected chi connectivity index (χ4v) is 1.99. The molecule has 1 heterocycles. The van der Waals surface area contributed by atoms with Gasteiger partial charge in [-0.2, -0.15) is 0 Å². The second kappa shape index (κ2) is 5.10. The van der Waals surface area contributed by atoms with Crippen LogP contribution in [0.1, 0.15) is 12.0 Å². The Kier molecular flexibility index (Phi) is 3.54. The van der Waals surface area contributed by atoms with Gasteiger partial charge in [-0.15, -0.1) is 0 Å². The van der Waals surface area contributed by atoms with E-state index in [2.05, 4.69) is 10.6 Å². The molecule has 1 aromatic rings. The maximum absolute atomic E-state index is 12.8. The summed E-state index contributed by atoms with van der Waals surface area (Å²) in [5.74, 6) is -0.269. The van der Waals surface area contributed by atoms with Crippen molar-refractivity contribution in [3.63, 3.8) is 0 Å². The Morgan fingerprint density at radius 1 is 1.35 bits per heavy atom. The molecule has 3 nitrogen and oxygen atoms in total. The first-order valence-electron chi connectivity index (χ1n) is 5.67. The number of rotatable bonds is 3. The minimum Gasteiger partial charge on any atom is -0.390 e. The van der Waals surface area contributed by atoms with Crippen molar-refractivity contribution >= 4 is 5.71 Å². The monoisotopic (exact) mass is 233 g/mol. The first kappa shape index (κ1) is 11.8. The maximum Gasteiger partial charge on any atom is 0.123 e. The number of hydrogen-bond donors (Lipinski definition) is 3. The van der Waals surface area contributed by atoms with Crippen LogP contribution in [0.15, 0.2) is 35.5 Å². The van der Waals surface area contributed by atoms with Crippen molar-refractivity contribution in [1.29, 1.82) is 5.41 Å². The Morgan fingerprint density at radius 2 is 2.06 bits per heavy atom. The van der Waals surface area contributed by atoms with E-state index < -0.39 is 0 Å². The molecule has 1 aliphatic rings. The van der Waals surface area contributed by atoms with Gasteiger partial charge in [0.15, 0.2) is 0 Å². The molecule has 1 aromatic carbocycles. The molecule has 2 rings (SSSR count). The first-order valence-corrected chi connectivity index (χ1v) is 5.67. The fraction of sp³-hybridized carbons (Fsp3) is 0.308. The Balaban J connectivity index is 2.30. The van der Waals surface area contributed by atoms with Crippen molar-refractivity contribution in [2.45, 2.75) is 6.42 Å². The zero-order valence-corrected chi connectivity index (χ0v) is 9.81. The lowest BCUT2D eigenvalue weighted by Gasteiger charge is -2.21. The number of benzene rings is 1. The van der Waals surface area contributed by atoms with Crippen LogP contribution in [0.4, 0.5) is 4.39 Å². The zero-order chi connectivity index (χ0) is 12.3. The Hall–Kier alpha value is -1.68. The van der Waals surface area contributed by atoms with Crippen LogP contribution in [-0.4, -0.2) is 25.8 Å². The number of nitrogens with one attached hydrogen (secondary N) is 3. The molecule has 0 saturated carbocycles. The largest absolute Gasteiger partial charge is 0.390 e. The molecule has 0 aromatic heterocycles. The summed E-state index contributed by atoms with van der Waals surface area (Å²) in [6.07, 6.45) is 0.826. The van der Waals surface area contributed by atoms with E-state index in [4.69, 9.17) is 5.41 Å². The predicted octanol–water partition coefficient (Wildman–Crippen LogP) is 1.66. The molecular weight excluding hydrogens is 217 g/mol. The van der Waals surface area contributed by atoms with Crippen molar-refractivity contribution in [2.24, 2.45) is 0 Å². The van der Waals surface area contributed by atoms with Crippen molar-refractivity contribution in [2.75, 3.05) is 20.1 Å². The van der Waals surface area contributed by atoms with Gasteiger partial charge < -0.3 is 10.6 Å². The molecule has 1 aliphatic heterocycles. The van der Waals surface area contributed by atoms with E-state index in [-0.39, 0.29) is 5.82 Å². The molecule has 4 heteroatoms. The minimum absolute atomic E-state index is 0.269. The van der Waals surface area contributed by atoms with Crippen LogP contribution < -0.4 is 10.6 Å². The average molecular weight is 233 g/mol. The molecule has 0 saturated heterocycles. The van der Waals surface area contributed by atoms with Crippen LogP contribution >= 0.6 is 0 Å². The Bertz CT molecular complexity index is 448. The molecule has 0 atom stereocenters. The molecule has 0 bridgehead atoms. The highest BCUT2D eigenvalue weighted by Crippen LogP contribution is 2.17. The third-order valence-corrected chi connectivity index (χ3v) is 2.95. The van der Waals surface area contributed by atoms with Gasteiger partial charge in [0, 0.05) is 19.3 Å². The summed E-state index contributed by atoms with van der Waals surface area (Å²) >= 11 is 0. The van der Waals surface area contributed by atoms with Crippen LogP contribution in [0.25, 0.3) is 0 Å². The van der Waals surface area contributed by atoms with Crippen LogP contribution in [0.5, 0.6) is 0 Å². The normalized spacial score (nSPS) is 15.9. The highest BCUT2D eigenvalue weighted by Gasteiger charge is 2.16. The topological polar surface area (TPSA) is 47.9 Å². The van der Waals surface area contributed by atoms with E-state index >= 15 is 0 Å². The maximum atomic E-state index is 12.8. The lowest BCUT2D eigenvalue weighted by atomic mass is 9.96. The SMILES string of the molecule is CNC1=C(C(=N)c2ccc(F)cc2)CCNC1. The van der Waals surface area contributed by atoms with E-state index in [9.17, 15) is 4.39 Å². The van der Waals surface area contributed by atoms with E-state index in [1.807, 2.05) is 7.05 Å². The summed E-state index contributed by atoms with van der Waals surface area (Å²) in [6, 6.07) is 6.09. The quantitative estimate of drug-likeness (QED) is 0.695. The molecule has 90 valence electrons. The Morgan fingerprint density at radius 3 is 2.71 bits per heavy atom. The Labute approximate surface area is 100 Å². The van der Waals surface area contributed by atoms with Gasteiger partial charge in [0.25, 0.3) is 0 Å². The molecule has 0 amide bonds. The molecule has 0 radical (unpaired) electrons. The molecule has 0 spiro atoms. The summed E-state index contributed by atoms with van der Waals surface area (Å²) in [4.78, 5) is 0. The lowest BCUT2D eigenvalue weighted by Crippen LogP contribution is -2.32. The van der Waals surface area contributed by atoms with Gasteiger partial charge in [-0.1, -0.05) is 0 Å². The zero-order valence-electron chi connectivity index (χ0n) is 9.81. The van der Waals surface area contributed by atoms with Crippen molar-refractivity contribution < 1.29 is 4.39 Å². The van der Waals surface area contributed by atoms with Gasteiger partial charge in [-0.25, -0.2) is 4.39 Å². The third-order valence-electron chi connectivity index (χ3n) is 2.95. The molecule has 17 heavy (non-hydrogen) atoms.